The van der Waals surface area contributed by atoms with Gasteiger partial charge in [-0.25, -0.2) is 0 Å². The highest BCUT2D eigenvalue weighted by Crippen LogP contribution is 2.13. The van der Waals surface area contributed by atoms with E-state index in [0.29, 0.717) is 0 Å². The Balaban J connectivity index is 1.96. The highest BCUT2D eigenvalue weighted by atomic mass is 14.7. The molecule has 0 radical (unpaired) electrons. The van der Waals surface area contributed by atoms with Gasteiger partial charge < -0.3 is 0 Å². The number of aromatic nitrogens is 2. The predicted octanol–water partition coefficient (Wildman–Crippen LogP) is 3.22. The van der Waals surface area contributed by atoms with Crippen LogP contribution < -0.4 is 0 Å². The molecule has 82 valence electrons. The fourth-order valence-corrected chi connectivity index (χ4v) is 1.92. The molecule has 0 atom stereocenters. The number of para-hydroxylation sites is 1. The normalized spacial score (nSPS) is 10.6. The van der Waals surface area contributed by atoms with Crippen molar-refractivity contribution >= 4 is 10.9 Å². The summed E-state index contributed by atoms with van der Waals surface area (Å²) < 4.78 is 0. The van der Waals surface area contributed by atoms with E-state index in [1.165, 1.54) is 10.9 Å². The number of hydrogen-bond acceptors (Lipinski definition) is 2. The zero-order valence-electron chi connectivity index (χ0n) is 9.38. The minimum absolute atomic E-state index is 0.832. The molecule has 0 bridgehead atoms. The van der Waals surface area contributed by atoms with Crippen LogP contribution in [0.1, 0.15) is 11.3 Å². The molecule has 2 aromatic heterocycles. The van der Waals surface area contributed by atoms with Crippen LogP contribution in [0, 0.1) is 0 Å². The Labute approximate surface area is 100.0 Å². The summed E-state index contributed by atoms with van der Waals surface area (Å²) in [5, 5.41) is 1.18. The summed E-state index contributed by atoms with van der Waals surface area (Å²) >= 11 is 0. The first-order chi connectivity index (χ1) is 8.42. The van der Waals surface area contributed by atoms with Crippen molar-refractivity contribution in [3.63, 3.8) is 0 Å². The van der Waals surface area contributed by atoms with Gasteiger partial charge in [-0.1, -0.05) is 30.3 Å². The molecule has 2 heteroatoms. The van der Waals surface area contributed by atoms with Gasteiger partial charge in [0.25, 0.3) is 0 Å². The largest absolute Gasteiger partial charge is 0.264 e. The van der Waals surface area contributed by atoms with E-state index in [1.807, 2.05) is 30.5 Å². The maximum absolute atomic E-state index is 4.64. The average Bonchev–Trinajstić information content (AvgIpc) is 2.40. The van der Waals surface area contributed by atoms with Crippen molar-refractivity contribution < 1.29 is 0 Å². The molecule has 0 spiro atoms. The third-order valence-electron chi connectivity index (χ3n) is 2.76. The number of hydrogen-bond donors (Lipinski definition) is 0. The molecule has 2 heterocycles. The fourth-order valence-electron chi connectivity index (χ4n) is 1.92. The zero-order chi connectivity index (χ0) is 11.5. The first-order valence-electron chi connectivity index (χ1n) is 5.65. The molecule has 1 aromatic carbocycles. The lowest BCUT2D eigenvalue weighted by Crippen LogP contribution is -1.92. The van der Waals surface area contributed by atoms with Crippen molar-refractivity contribution in [1.82, 2.24) is 9.97 Å². The molecular weight excluding hydrogens is 208 g/mol. The van der Waals surface area contributed by atoms with Gasteiger partial charge in [0.05, 0.1) is 5.52 Å². The summed E-state index contributed by atoms with van der Waals surface area (Å²) in [6.45, 7) is 0. The minimum Gasteiger partial charge on any atom is -0.264 e. The molecule has 0 unspecified atom stereocenters. The molecule has 0 N–H and O–H groups in total. The number of pyridine rings is 2. The highest BCUT2D eigenvalue weighted by Gasteiger charge is 1.99. The van der Waals surface area contributed by atoms with E-state index in [9.17, 15) is 0 Å². The van der Waals surface area contributed by atoms with Crippen LogP contribution in [0.3, 0.4) is 0 Å². The number of nitrogens with zero attached hydrogens (tertiary/aromatic N) is 2. The number of benzene rings is 1. The SMILES string of the molecule is c1cncc(Cc2ccc3ccccc3n2)c1. The molecule has 3 rings (SSSR count). The molecule has 0 aliphatic rings. The summed E-state index contributed by atoms with van der Waals surface area (Å²) in [5.74, 6) is 0. The number of rotatable bonds is 2. The van der Waals surface area contributed by atoms with Crippen molar-refractivity contribution in [2.75, 3.05) is 0 Å². The van der Waals surface area contributed by atoms with Gasteiger partial charge in [0, 0.05) is 29.9 Å². The fraction of sp³-hybridized carbons (Fsp3) is 0.0667. The number of fused-ring (bicyclic) bond motifs is 1. The minimum atomic E-state index is 0.832. The summed E-state index contributed by atoms with van der Waals surface area (Å²) in [6.07, 6.45) is 4.51. The average molecular weight is 220 g/mol. The first kappa shape index (κ1) is 9.97. The van der Waals surface area contributed by atoms with Gasteiger partial charge in [0.2, 0.25) is 0 Å². The van der Waals surface area contributed by atoms with Crippen LogP contribution in [-0.2, 0) is 6.42 Å². The molecule has 0 saturated carbocycles. The Kier molecular flexibility index (Phi) is 2.54. The van der Waals surface area contributed by atoms with Crippen LogP contribution in [0.5, 0.6) is 0 Å². The van der Waals surface area contributed by atoms with E-state index in [2.05, 4.69) is 34.2 Å². The smallest absolute Gasteiger partial charge is 0.0705 e. The lowest BCUT2D eigenvalue weighted by Gasteiger charge is -2.02. The van der Waals surface area contributed by atoms with Gasteiger partial charge >= 0.3 is 0 Å². The molecule has 0 aliphatic carbocycles. The van der Waals surface area contributed by atoms with Gasteiger partial charge in [0.1, 0.15) is 0 Å². The summed E-state index contributed by atoms with van der Waals surface area (Å²) in [4.78, 5) is 8.76. The Hall–Kier alpha value is -2.22. The Bertz CT molecular complexity index is 633. The lowest BCUT2D eigenvalue weighted by atomic mass is 10.1. The van der Waals surface area contributed by atoms with E-state index in [-0.39, 0.29) is 0 Å². The third-order valence-corrected chi connectivity index (χ3v) is 2.76. The van der Waals surface area contributed by atoms with Crippen molar-refractivity contribution in [2.24, 2.45) is 0 Å². The first-order valence-corrected chi connectivity index (χ1v) is 5.65. The second-order valence-corrected chi connectivity index (χ2v) is 4.03. The van der Waals surface area contributed by atoms with E-state index in [1.54, 1.807) is 6.20 Å². The summed E-state index contributed by atoms with van der Waals surface area (Å²) in [7, 11) is 0. The topological polar surface area (TPSA) is 25.8 Å². The Morgan fingerprint density at radius 1 is 0.882 bits per heavy atom. The maximum Gasteiger partial charge on any atom is 0.0705 e. The molecular formula is C15H12N2. The molecule has 0 saturated heterocycles. The quantitative estimate of drug-likeness (QED) is 0.662. The molecule has 0 aliphatic heterocycles. The van der Waals surface area contributed by atoms with Crippen LogP contribution in [0.4, 0.5) is 0 Å². The van der Waals surface area contributed by atoms with Crippen molar-refractivity contribution in [3.05, 3.63) is 72.2 Å². The third kappa shape index (κ3) is 2.16. The van der Waals surface area contributed by atoms with Crippen LogP contribution in [-0.4, -0.2) is 9.97 Å². The van der Waals surface area contributed by atoms with E-state index in [4.69, 9.17) is 0 Å². The van der Waals surface area contributed by atoms with Crippen LogP contribution in [0.25, 0.3) is 10.9 Å². The van der Waals surface area contributed by atoms with Gasteiger partial charge in [-0.3, -0.25) is 9.97 Å². The van der Waals surface area contributed by atoms with Crippen molar-refractivity contribution in [3.8, 4) is 0 Å². The summed E-state index contributed by atoms with van der Waals surface area (Å²) in [6, 6.07) is 16.4. The van der Waals surface area contributed by atoms with Crippen LogP contribution in [0.2, 0.25) is 0 Å². The monoisotopic (exact) mass is 220 g/mol. The maximum atomic E-state index is 4.64. The Morgan fingerprint density at radius 2 is 1.82 bits per heavy atom. The van der Waals surface area contributed by atoms with Crippen LogP contribution >= 0.6 is 0 Å². The summed E-state index contributed by atoms with van der Waals surface area (Å²) in [5.41, 5.74) is 3.32. The molecule has 17 heavy (non-hydrogen) atoms. The zero-order valence-corrected chi connectivity index (χ0v) is 9.38. The standard InChI is InChI=1S/C15H12N2/c1-2-6-15-13(5-1)7-8-14(17-15)10-12-4-3-9-16-11-12/h1-9,11H,10H2. The van der Waals surface area contributed by atoms with Crippen molar-refractivity contribution in [1.29, 1.82) is 0 Å². The lowest BCUT2D eigenvalue weighted by molar-refractivity contribution is 1.08. The predicted molar refractivity (Wildman–Crippen MR) is 68.8 cm³/mol. The van der Waals surface area contributed by atoms with Gasteiger partial charge in [-0.05, 0) is 23.8 Å². The second kappa shape index (κ2) is 4.34. The Morgan fingerprint density at radius 3 is 2.71 bits per heavy atom. The van der Waals surface area contributed by atoms with Gasteiger partial charge in [-0.15, -0.1) is 0 Å². The highest BCUT2D eigenvalue weighted by molar-refractivity contribution is 5.78. The van der Waals surface area contributed by atoms with E-state index >= 15 is 0 Å². The van der Waals surface area contributed by atoms with Crippen LogP contribution in [0.15, 0.2) is 60.9 Å². The second-order valence-electron chi connectivity index (χ2n) is 4.03. The molecule has 0 amide bonds. The van der Waals surface area contributed by atoms with E-state index < -0.39 is 0 Å². The molecule has 3 aromatic rings. The van der Waals surface area contributed by atoms with Gasteiger partial charge in [0.15, 0.2) is 0 Å². The van der Waals surface area contributed by atoms with E-state index in [0.717, 1.165) is 17.6 Å². The molecule has 2 nitrogen and oxygen atoms in total. The van der Waals surface area contributed by atoms with Gasteiger partial charge in [-0.2, -0.15) is 0 Å². The molecule has 0 fully saturated rings. The van der Waals surface area contributed by atoms with Crippen molar-refractivity contribution in [2.45, 2.75) is 6.42 Å².